The molecule has 0 spiro atoms. The number of halogens is 2. The summed E-state index contributed by atoms with van der Waals surface area (Å²) >= 11 is 4.21. The maximum Gasteiger partial charge on any atom is 0.194 e. The molecule has 2 aliphatic rings. The van der Waals surface area contributed by atoms with E-state index < -0.39 is 12.1 Å². The molecule has 18 heavy (non-hydrogen) atoms. The molecule has 102 valence electrons. The standard InChI is InChI=1S/C13H20F2N2S/c14-11-2-8-17(13(15)10-11)12-3-6-16(7-4-12)5-1-9-18/h2,8,10,12-13,18H,1,3-7,9H2. The van der Waals surface area contributed by atoms with Gasteiger partial charge in [-0.05, 0) is 37.6 Å². The van der Waals surface area contributed by atoms with Crippen LogP contribution in [-0.2, 0) is 0 Å². The first-order valence-corrected chi connectivity index (χ1v) is 7.14. The number of rotatable bonds is 4. The van der Waals surface area contributed by atoms with Gasteiger partial charge in [0.05, 0.1) is 0 Å². The van der Waals surface area contributed by atoms with Gasteiger partial charge in [0.25, 0.3) is 0 Å². The van der Waals surface area contributed by atoms with Crippen molar-refractivity contribution in [1.82, 2.24) is 9.80 Å². The number of nitrogens with zero attached hydrogens (tertiary/aromatic N) is 2. The molecule has 0 bridgehead atoms. The summed E-state index contributed by atoms with van der Waals surface area (Å²) in [4.78, 5) is 4.03. The number of piperidine rings is 1. The van der Waals surface area contributed by atoms with Crippen molar-refractivity contribution in [2.75, 3.05) is 25.4 Å². The third-order valence-corrected chi connectivity index (χ3v) is 3.91. The molecule has 1 fully saturated rings. The summed E-state index contributed by atoms with van der Waals surface area (Å²) in [7, 11) is 0. The van der Waals surface area contributed by atoms with Crippen LogP contribution in [0.1, 0.15) is 19.3 Å². The number of hydrogen-bond donors (Lipinski definition) is 1. The molecule has 1 unspecified atom stereocenters. The normalized spacial score (nSPS) is 26.5. The second-order valence-corrected chi connectivity index (χ2v) is 5.28. The molecule has 5 heteroatoms. The molecule has 2 heterocycles. The number of allylic oxidation sites excluding steroid dienone is 2. The van der Waals surface area contributed by atoms with Crippen LogP contribution >= 0.6 is 12.6 Å². The second-order valence-electron chi connectivity index (χ2n) is 4.84. The van der Waals surface area contributed by atoms with Crippen molar-refractivity contribution in [2.45, 2.75) is 31.6 Å². The van der Waals surface area contributed by atoms with Crippen molar-refractivity contribution < 1.29 is 8.78 Å². The first-order valence-electron chi connectivity index (χ1n) is 6.51. The lowest BCUT2D eigenvalue weighted by Gasteiger charge is -2.39. The van der Waals surface area contributed by atoms with Crippen molar-refractivity contribution in [1.29, 1.82) is 0 Å². The number of thiol groups is 1. The summed E-state index contributed by atoms with van der Waals surface area (Å²) in [5.41, 5.74) is 0. The molecular formula is C13H20F2N2S. The fourth-order valence-corrected chi connectivity index (χ4v) is 2.71. The molecule has 2 aliphatic heterocycles. The molecule has 0 amide bonds. The zero-order valence-electron chi connectivity index (χ0n) is 10.4. The number of alkyl halides is 1. The Balaban J connectivity index is 1.81. The predicted molar refractivity (Wildman–Crippen MR) is 73.0 cm³/mol. The van der Waals surface area contributed by atoms with Gasteiger partial charge in [0.2, 0.25) is 0 Å². The van der Waals surface area contributed by atoms with E-state index >= 15 is 0 Å². The molecule has 0 saturated carbocycles. The lowest BCUT2D eigenvalue weighted by atomic mass is 10.0. The van der Waals surface area contributed by atoms with Crippen LogP contribution in [-0.4, -0.2) is 47.5 Å². The van der Waals surface area contributed by atoms with Crippen LogP contribution in [0.5, 0.6) is 0 Å². The SMILES string of the molecule is FC1=CC(F)N(C2CCN(CCCS)CC2)C=C1. The van der Waals surface area contributed by atoms with Crippen molar-refractivity contribution in [3.05, 3.63) is 24.2 Å². The largest absolute Gasteiger partial charge is 0.342 e. The van der Waals surface area contributed by atoms with Crippen LogP contribution in [0, 0.1) is 0 Å². The zero-order valence-corrected chi connectivity index (χ0v) is 11.3. The van der Waals surface area contributed by atoms with E-state index in [9.17, 15) is 8.78 Å². The Hall–Kier alpha value is -0.550. The molecule has 0 aromatic carbocycles. The summed E-state index contributed by atoms with van der Waals surface area (Å²) in [6.45, 7) is 3.04. The molecule has 2 nitrogen and oxygen atoms in total. The highest BCUT2D eigenvalue weighted by Gasteiger charge is 2.28. The second kappa shape index (κ2) is 6.57. The fraction of sp³-hybridized carbons (Fsp3) is 0.692. The Labute approximate surface area is 113 Å². The van der Waals surface area contributed by atoms with Crippen molar-refractivity contribution >= 4 is 12.6 Å². The predicted octanol–water partition coefficient (Wildman–Crippen LogP) is 2.75. The van der Waals surface area contributed by atoms with Gasteiger partial charge < -0.3 is 9.80 Å². The Morgan fingerprint density at radius 3 is 2.67 bits per heavy atom. The summed E-state index contributed by atoms with van der Waals surface area (Å²) in [5.74, 6) is 0.427. The third-order valence-electron chi connectivity index (χ3n) is 3.60. The minimum absolute atomic E-state index is 0.188. The van der Waals surface area contributed by atoms with Crippen LogP contribution < -0.4 is 0 Å². The summed E-state index contributed by atoms with van der Waals surface area (Å²) in [6, 6.07) is 0.188. The molecule has 0 aromatic heterocycles. The molecular weight excluding hydrogens is 254 g/mol. The van der Waals surface area contributed by atoms with Gasteiger partial charge in [0.1, 0.15) is 5.83 Å². The number of hydrogen-bond acceptors (Lipinski definition) is 3. The molecule has 1 saturated heterocycles. The van der Waals surface area contributed by atoms with E-state index in [1.807, 2.05) is 0 Å². The van der Waals surface area contributed by atoms with E-state index in [1.54, 1.807) is 11.1 Å². The maximum absolute atomic E-state index is 13.7. The van der Waals surface area contributed by atoms with E-state index in [0.29, 0.717) is 0 Å². The molecule has 0 N–H and O–H groups in total. The smallest absolute Gasteiger partial charge is 0.194 e. The molecule has 1 atom stereocenters. The van der Waals surface area contributed by atoms with Gasteiger partial charge in [-0.15, -0.1) is 0 Å². The highest BCUT2D eigenvalue weighted by molar-refractivity contribution is 7.80. The van der Waals surface area contributed by atoms with Crippen molar-refractivity contribution in [3.63, 3.8) is 0 Å². The Morgan fingerprint density at radius 1 is 1.33 bits per heavy atom. The van der Waals surface area contributed by atoms with E-state index in [0.717, 1.165) is 50.7 Å². The summed E-state index contributed by atoms with van der Waals surface area (Å²) in [6.07, 6.45) is 5.57. The van der Waals surface area contributed by atoms with Crippen molar-refractivity contribution in [2.24, 2.45) is 0 Å². The summed E-state index contributed by atoms with van der Waals surface area (Å²) in [5, 5.41) is 0. The average molecular weight is 274 g/mol. The average Bonchev–Trinajstić information content (AvgIpc) is 2.37. The molecule has 0 radical (unpaired) electrons. The highest BCUT2D eigenvalue weighted by Crippen LogP contribution is 2.24. The molecule has 0 aliphatic carbocycles. The fourth-order valence-electron chi connectivity index (χ4n) is 2.57. The Kier molecular flexibility index (Phi) is 5.06. The molecule has 0 aromatic rings. The first-order chi connectivity index (χ1) is 8.70. The Bertz CT molecular complexity index is 325. The lowest BCUT2D eigenvalue weighted by molar-refractivity contribution is 0.0746. The number of likely N-dealkylation sites (tertiary alicyclic amines) is 1. The summed E-state index contributed by atoms with van der Waals surface area (Å²) < 4.78 is 26.6. The van der Waals surface area contributed by atoms with Gasteiger partial charge in [-0.1, -0.05) is 0 Å². The van der Waals surface area contributed by atoms with Crippen LogP contribution in [0.25, 0.3) is 0 Å². The molecule has 2 rings (SSSR count). The topological polar surface area (TPSA) is 6.48 Å². The van der Waals surface area contributed by atoms with Gasteiger partial charge >= 0.3 is 0 Å². The van der Waals surface area contributed by atoms with E-state index in [-0.39, 0.29) is 6.04 Å². The Morgan fingerprint density at radius 2 is 2.06 bits per heavy atom. The van der Waals surface area contributed by atoms with E-state index in [4.69, 9.17) is 0 Å². The van der Waals surface area contributed by atoms with E-state index in [2.05, 4.69) is 17.5 Å². The van der Waals surface area contributed by atoms with Crippen LogP contribution in [0.15, 0.2) is 24.2 Å². The maximum atomic E-state index is 13.7. The highest BCUT2D eigenvalue weighted by atomic mass is 32.1. The van der Waals surface area contributed by atoms with Gasteiger partial charge in [-0.2, -0.15) is 12.6 Å². The van der Waals surface area contributed by atoms with Gasteiger partial charge in [-0.3, -0.25) is 0 Å². The van der Waals surface area contributed by atoms with Gasteiger partial charge in [0, 0.05) is 31.4 Å². The van der Waals surface area contributed by atoms with Crippen LogP contribution in [0.4, 0.5) is 8.78 Å². The quantitative estimate of drug-likeness (QED) is 0.622. The van der Waals surface area contributed by atoms with Crippen LogP contribution in [0.3, 0.4) is 0 Å². The van der Waals surface area contributed by atoms with Gasteiger partial charge in [-0.25, -0.2) is 8.78 Å². The lowest BCUT2D eigenvalue weighted by Crippen LogP contribution is -2.45. The third kappa shape index (κ3) is 3.48. The zero-order chi connectivity index (χ0) is 13.0. The first kappa shape index (κ1) is 13.9. The minimum atomic E-state index is -1.32. The van der Waals surface area contributed by atoms with E-state index in [1.165, 1.54) is 6.08 Å². The van der Waals surface area contributed by atoms with Crippen LogP contribution in [0.2, 0.25) is 0 Å². The minimum Gasteiger partial charge on any atom is -0.342 e. The van der Waals surface area contributed by atoms with Gasteiger partial charge in [0.15, 0.2) is 6.30 Å². The van der Waals surface area contributed by atoms with Crippen molar-refractivity contribution in [3.8, 4) is 0 Å². The monoisotopic (exact) mass is 274 g/mol.